The normalized spacial score (nSPS) is 19.2. The fraction of sp³-hybridized carbons (Fsp3) is 0.462. The molecule has 7 heteroatoms. The number of benzene rings is 1. The molecule has 1 unspecified atom stereocenters. The number of carbonyl (C=O) groups excluding carboxylic acids is 1. The molecule has 4 nitrogen and oxygen atoms in total. The molecule has 110 valence electrons. The van der Waals surface area contributed by atoms with Gasteiger partial charge in [0.05, 0.1) is 16.9 Å². The van der Waals surface area contributed by atoms with E-state index in [4.69, 9.17) is 27.9 Å². The minimum absolute atomic E-state index is 0.128. The number of rotatable bonds is 5. The van der Waals surface area contributed by atoms with E-state index in [0.717, 1.165) is 6.42 Å². The van der Waals surface area contributed by atoms with Gasteiger partial charge in [0.1, 0.15) is 5.75 Å². The Hall–Kier alpha value is -0.620. The van der Waals surface area contributed by atoms with Crippen molar-refractivity contribution in [1.82, 2.24) is 0 Å². The summed E-state index contributed by atoms with van der Waals surface area (Å²) in [5.41, 5.74) is 0.134. The molecule has 1 heterocycles. The second-order valence-corrected chi connectivity index (χ2v) is 7.69. The van der Waals surface area contributed by atoms with E-state index in [1.54, 1.807) is 6.07 Å². The zero-order valence-electron chi connectivity index (χ0n) is 10.6. The number of ether oxygens (including phenoxy) is 1. The summed E-state index contributed by atoms with van der Waals surface area (Å²) < 4.78 is 29.3. The summed E-state index contributed by atoms with van der Waals surface area (Å²) in [5, 5.41) is 0.543. The predicted octanol–water partition coefficient (Wildman–Crippen LogP) is 2.77. The van der Waals surface area contributed by atoms with Crippen molar-refractivity contribution in [2.75, 3.05) is 18.1 Å². The highest BCUT2D eigenvalue weighted by atomic mass is 35.5. The van der Waals surface area contributed by atoms with Crippen LogP contribution in [0.25, 0.3) is 0 Å². The average molecular weight is 337 g/mol. The molecule has 0 aliphatic carbocycles. The Bertz CT molecular complexity index is 607. The monoisotopic (exact) mass is 336 g/mol. The first-order valence-corrected chi connectivity index (χ1v) is 8.75. The van der Waals surface area contributed by atoms with Crippen molar-refractivity contribution < 1.29 is 17.9 Å². The fourth-order valence-electron chi connectivity index (χ4n) is 2.11. The van der Waals surface area contributed by atoms with E-state index in [9.17, 15) is 13.2 Å². The second kappa shape index (κ2) is 6.43. The van der Waals surface area contributed by atoms with Gasteiger partial charge < -0.3 is 4.74 Å². The Morgan fingerprint density at radius 3 is 2.75 bits per heavy atom. The van der Waals surface area contributed by atoms with Crippen LogP contribution < -0.4 is 0 Å². The van der Waals surface area contributed by atoms with Crippen LogP contribution in [0.1, 0.15) is 23.2 Å². The van der Waals surface area contributed by atoms with Crippen LogP contribution in [0, 0.1) is 0 Å². The van der Waals surface area contributed by atoms with E-state index in [1.165, 1.54) is 12.1 Å². The van der Waals surface area contributed by atoms with E-state index in [0.29, 0.717) is 18.1 Å². The summed E-state index contributed by atoms with van der Waals surface area (Å²) in [4.78, 5) is 12.0. The van der Waals surface area contributed by atoms with Gasteiger partial charge in [0.15, 0.2) is 15.6 Å². The van der Waals surface area contributed by atoms with Crippen LogP contribution in [0.4, 0.5) is 0 Å². The molecule has 0 aromatic heterocycles. The van der Waals surface area contributed by atoms with Gasteiger partial charge in [-0.3, -0.25) is 4.79 Å². The molecule has 1 aromatic rings. The summed E-state index contributed by atoms with van der Waals surface area (Å²) in [6, 6.07) is 4.40. The Labute approximate surface area is 127 Å². The van der Waals surface area contributed by atoms with Gasteiger partial charge in [-0.15, -0.1) is 0 Å². The number of Topliss-reactive ketones (excluding diaryl/α,β-unsaturated/α-hetero) is 1. The van der Waals surface area contributed by atoms with Crippen molar-refractivity contribution in [3.63, 3.8) is 0 Å². The first-order chi connectivity index (χ1) is 9.37. The first kappa shape index (κ1) is 15.8. The minimum atomic E-state index is -3.52. The van der Waals surface area contributed by atoms with Gasteiger partial charge in [-0.05, 0) is 31.0 Å². The topological polar surface area (TPSA) is 60.4 Å². The standard InChI is InChI=1S/C13H14Cl2O4S/c14-9-3-4-12(15)11(6-9)13(16)8-20(17,18)7-10-2-1-5-19-10/h3-4,6,10H,1-2,5,7-8H2. The maximum atomic E-state index is 12.0. The van der Waals surface area contributed by atoms with Crippen molar-refractivity contribution in [3.05, 3.63) is 33.8 Å². The van der Waals surface area contributed by atoms with Crippen LogP contribution in [0.5, 0.6) is 0 Å². The fourth-order valence-corrected chi connectivity index (χ4v) is 4.00. The van der Waals surface area contributed by atoms with Gasteiger partial charge in [0, 0.05) is 17.2 Å². The molecule has 2 rings (SSSR count). The van der Waals surface area contributed by atoms with Crippen LogP contribution in [0.3, 0.4) is 0 Å². The summed E-state index contributed by atoms with van der Waals surface area (Å²) in [5.74, 6) is -1.25. The average Bonchev–Trinajstić information content (AvgIpc) is 2.83. The van der Waals surface area contributed by atoms with Gasteiger partial charge in [0.25, 0.3) is 0 Å². The first-order valence-electron chi connectivity index (χ1n) is 6.18. The molecule has 1 saturated heterocycles. The molecule has 0 radical (unpaired) electrons. The number of ketones is 1. The summed E-state index contributed by atoms with van der Waals surface area (Å²) >= 11 is 11.7. The lowest BCUT2D eigenvalue weighted by Crippen LogP contribution is -2.26. The lowest BCUT2D eigenvalue weighted by atomic mass is 10.1. The van der Waals surface area contributed by atoms with Crippen molar-refractivity contribution in [3.8, 4) is 0 Å². The van der Waals surface area contributed by atoms with Gasteiger partial charge in [-0.25, -0.2) is 8.42 Å². The Morgan fingerprint density at radius 1 is 1.35 bits per heavy atom. The Kier molecular flexibility index (Phi) is 5.07. The van der Waals surface area contributed by atoms with E-state index >= 15 is 0 Å². The van der Waals surface area contributed by atoms with E-state index in [-0.39, 0.29) is 22.4 Å². The van der Waals surface area contributed by atoms with Gasteiger partial charge in [-0.2, -0.15) is 0 Å². The van der Waals surface area contributed by atoms with Gasteiger partial charge >= 0.3 is 0 Å². The maximum Gasteiger partial charge on any atom is 0.179 e. The number of hydrogen-bond acceptors (Lipinski definition) is 4. The lowest BCUT2D eigenvalue weighted by Gasteiger charge is -2.10. The minimum Gasteiger partial charge on any atom is -0.377 e. The highest BCUT2D eigenvalue weighted by Crippen LogP contribution is 2.22. The van der Waals surface area contributed by atoms with Crippen LogP contribution in [-0.4, -0.2) is 38.4 Å². The van der Waals surface area contributed by atoms with Crippen molar-refractivity contribution in [2.45, 2.75) is 18.9 Å². The van der Waals surface area contributed by atoms with Crippen LogP contribution >= 0.6 is 23.2 Å². The molecule has 0 N–H and O–H groups in total. The molecule has 20 heavy (non-hydrogen) atoms. The molecule has 0 bridgehead atoms. The molecule has 0 amide bonds. The predicted molar refractivity (Wildman–Crippen MR) is 78.4 cm³/mol. The third-order valence-electron chi connectivity index (χ3n) is 3.04. The largest absolute Gasteiger partial charge is 0.377 e. The van der Waals surface area contributed by atoms with Crippen LogP contribution in [0.15, 0.2) is 18.2 Å². The quantitative estimate of drug-likeness (QED) is 0.775. The molecule has 1 aromatic carbocycles. The zero-order valence-corrected chi connectivity index (χ0v) is 13.0. The maximum absolute atomic E-state index is 12.0. The number of hydrogen-bond donors (Lipinski definition) is 0. The second-order valence-electron chi connectivity index (χ2n) is 4.74. The van der Waals surface area contributed by atoms with Gasteiger partial charge in [-0.1, -0.05) is 23.2 Å². The Balaban J connectivity index is 2.08. The van der Waals surface area contributed by atoms with E-state index < -0.39 is 21.4 Å². The molecule has 0 spiro atoms. The van der Waals surface area contributed by atoms with E-state index in [1.807, 2.05) is 0 Å². The molecule has 1 fully saturated rings. The number of carbonyl (C=O) groups is 1. The van der Waals surface area contributed by atoms with Gasteiger partial charge in [0.2, 0.25) is 0 Å². The SMILES string of the molecule is O=C(CS(=O)(=O)CC1CCCO1)c1cc(Cl)ccc1Cl. The zero-order chi connectivity index (χ0) is 14.8. The third-order valence-corrected chi connectivity index (χ3v) is 5.19. The molecule has 1 aliphatic rings. The Morgan fingerprint density at radius 2 is 2.10 bits per heavy atom. The number of halogens is 2. The summed E-state index contributed by atoms with van der Waals surface area (Å²) in [7, 11) is -3.52. The van der Waals surface area contributed by atoms with Crippen LogP contribution in [0.2, 0.25) is 10.0 Å². The van der Waals surface area contributed by atoms with E-state index in [2.05, 4.69) is 0 Å². The lowest BCUT2D eigenvalue weighted by molar-refractivity contribution is 0.102. The molecular weight excluding hydrogens is 323 g/mol. The van der Waals surface area contributed by atoms with Crippen molar-refractivity contribution in [2.24, 2.45) is 0 Å². The smallest absolute Gasteiger partial charge is 0.179 e. The highest BCUT2D eigenvalue weighted by Gasteiger charge is 2.26. The van der Waals surface area contributed by atoms with Crippen LogP contribution in [-0.2, 0) is 14.6 Å². The number of sulfone groups is 1. The van der Waals surface area contributed by atoms with Crippen molar-refractivity contribution >= 4 is 38.8 Å². The molecule has 1 aliphatic heterocycles. The third kappa shape index (κ3) is 4.19. The van der Waals surface area contributed by atoms with Crippen molar-refractivity contribution in [1.29, 1.82) is 0 Å². The molecule has 0 saturated carbocycles. The summed E-state index contributed by atoms with van der Waals surface area (Å²) in [6.45, 7) is 0.578. The highest BCUT2D eigenvalue weighted by molar-refractivity contribution is 7.92. The summed E-state index contributed by atoms with van der Waals surface area (Å²) in [6.07, 6.45) is 1.27. The molecular formula is C13H14Cl2O4S. The molecule has 1 atom stereocenters.